The first kappa shape index (κ1) is 20.5. The van der Waals surface area contributed by atoms with Gasteiger partial charge in [-0.15, -0.1) is 0 Å². The molecule has 2 aromatic rings. The molecule has 5 rings (SSSR count). The number of nitrogens with zero attached hydrogens (tertiary/aromatic N) is 3. The molecule has 1 aromatic heterocycles. The fourth-order valence-corrected chi connectivity index (χ4v) is 5.37. The van der Waals surface area contributed by atoms with E-state index in [4.69, 9.17) is 5.73 Å². The van der Waals surface area contributed by atoms with E-state index in [1.165, 1.54) is 18.5 Å². The van der Waals surface area contributed by atoms with Crippen molar-refractivity contribution in [1.82, 2.24) is 15.3 Å². The average Bonchev–Trinajstić information content (AvgIpc) is 3.38. The van der Waals surface area contributed by atoms with Gasteiger partial charge in [-0.2, -0.15) is 13.2 Å². The Balaban J connectivity index is 1.40. The molecule has 1 aliphatic heterocycles. The molecule has 3 atom stereocenters. The smallest absolute Gasteiger partial charge is 0.368 e. The predicted octanol–water partition coefficient (Wildman–Crippen LogP) is 3.25. The highest BCUT2D eigenvalue weighted by Crippen LogP contribution is 2.57. The number of benzene rings is 1. The second kappa shape index (κ2) is 7.32. The number of amides is 1. The Morgan fingerprint density at radius 3 is 2.58 bits per heavy atom. The molecule has 6 nitrogen and oxygen atoms in total. The lowest BCUT2D eigenvalue weighted by molar-refractivity contribution is -0.136. The maximum atomic E-state index is 13.4. The molecule has 1 spiro atoms. The third-order valence-electron chi connectivity index (χ3n) is 7.17. The number of anilines is 1. The van der Waals surface area contributed by atoms with Crippen molar-refractivity contribution in [2.24, 2.45) is 17.1 Å². The van der Waals surface area contributed by atoms with Gasteiger partial charge in [0.05, 0.1) is 17.2 Å². The standard InChI is InChI=1S/C22H26F3N5O/c23-22(24,25)15-4-5-17(19-18(15)27-8-9-28-19)30-11-16(21(12-30)6-7-21)20(31)29-14-3-1-2-13(26)10-14/h4-5,8-9,13-14,16H,1-3,6-7,10-12,26H2,(H,29,31). The monoisotopic (exact) mass is 433 g/mol. The Bertz CT molecular complexity index is 1010. The summed E-state index contributed by atoms with van der Waals surface area (Å²) >= 11 is 0. The van der Waals surface area contributed by atoms with E-state index in [2.05, 4.69) is 15.3 Å². The molecule has 1 aromatic carbocycles. The molecule has 0 bridgehead atoms. The summed E-state index contributed by atoms with van der Waals surface area (Å²) in [4.78, 5) is 23.4. The van der Waals surface area contributed by atoms with E-state index in [0.29, 0.717) is 18.8 Å². The first-order valence-electron chi connectivity index (χ1n) is 10.9. The van der Waals surface area contributed by atoms with Crippen LogP contribution in [0.2, 0.25) is 0 Å². The highest BCUT2D eigenvalue weighted by Gasteiger charge is 2.58. The largest absolute Gasteiger partial charge is 0.418 e. The minimum atomic E-state index is -4.50. The number of carbonyl (C=O) groups excluding carboxylic acids is 1. The quantitative estimate of drug-likeness (QED) is 0.776. The van der Waals surface area contributed by atoms with Gasteiger partial charge in [0.15, 0.2) is 0 Å². The summed E-state index contributed by atoms with van der Waals surface area (Å²) < 4.78 is 40.3. The van der Waals surface area contributed by atoms with E-state index in [-0.39, 0.29) is 40.4 Å². The summed E-state index contributed by atoms with van der Waals surface area (Å²) in [6.45, 7) is 1.12. The number of halogens is 3. The summed E-state index contributed by atoms with van der Waals surface area (Å²) in [5.41, 5.74) is 5.86. The number of nitrogens with one attached hydrogen (secondary N) is 1. The van der Waals surface area contributed by atoms with Gasteiger partial charge in [-0.3, -0.25) is 14.8 Å². The van der Waals surface area contributed by atoms with Crippen LogP contribution in [0.15, 0.2) is 24.5 Å². The van der Waals surface area contributed by atoms with Crippen LogP contribution in [0.4, 0.5) is 18.9 Å². The first-order chi connectivity index (χ1) is 14.8. The van der Waals surface area contributed by atoms with Crippen LogP contribution in [0.5, 0.6) is 0 Å². The average molecular weight is 433 g/mol. The lowest BCUT2D eigenvalue weighted by Gasteiger charge is -2.29. The molecule has 2 heterocycles. The van der Waals surface area contributed by atoms with E-state index < -0.39 is 11.7 Å². The second-order valence-electron chi connectivity index (χ2n) is 9.31. The van der Waals surface area contributed by atoms with Crippen molar-refractivity contribution in [3.05, 3.63) is 30.1 Å². The number of rotatable bonds is 3. The molecule has 1 amide bonds. The maximum absolute atomic E-state index is 13.4. The van der Waals surface area contributed by atoms with Gasteiger partial charge < -0.3 is 16.0 Å². The van der Waals surface area contributed by atoms with Crippen molar-refractivity contribution >= 4 is 22.6 Å². The molecule has 166 valence electrons. The Labute approximate surface area is 178 Å². The van der Waals surface area contributed by atoms with E-state index in [1.54, 1.807) is 0 Å². The van der Waals surface area contributed by atoms with Crippen LogP contribution in [-0.4, -0.2) is 41.0 Å². The van der Waals surface area contributed by atoms with Crippen molar-refractivity contribution in [3.63, 3.8) is 0 Å². The lowest BCUT2D eigenvalue weighted by atomic mass is 9.89. The van der Waals surface area contributed by atoms with Crippen LogP contribution >= 0.6 is 0 Å². The second-order valence-corrected chi connectivity index (χ2v) is 9.31. The van der Waals surface area contributed by atoms with Crippen molar-refractivity contribution in [2.75, 3.05) is 18.0 Å². The van der Waals surface area contributed by atoms with Crippen LogP contribution in [0.1, 0.15) is 44.1 Å². The minimum Gasteiger partial charge on any atom is -0.368 e. The number of nitrogens with two attached hydrogens (primary N) is 1. The normalized spacial score (nSPS) is 27.6. The minimum absolute atomic E-state index is 0.0430. The van der Waals surface area contributed by atoms with Crippen molar-refractivity contribution in [1.29, 1.82) is 0 Å². The number of fused-ring (bicyclic) bond motifs is 1. The molecular formula is C22H26F3N5O. The van der Waals surface area contributed by atoms with Crippen LogP contribution in [-0.2, 0) is 11.0 Å². The maximum Gasteiger partial charge on any atom is 0.418 e. The Hall–Kier alpha value is -2.42. The fraction of sp³-hybridized carbons (Fsp3) is 0.591. The molecule has 31 heavy (non-hydrogen) atoms. The van der Waals surface area contributed by atoms with E-state index in [1.807, 2.05) is 4.90 Å². The zero-order chi connectivity index (χ0) is 21.8. The van der Waals surface area contributed by atoms with E-state index in [0.717, 1.165) is 44.6 Å². The van der Waals surface area contributed by atoms with Crippen LogP contribution in [0.25, 0.3) is 11.0 Å². The number of carbonyl (C=O) groups is 1. The highest BCUT2D eigenvalue weighted by atomic mass is 19.4. The molecular weight excluding hydrogens is 407 g/mol. The van der Waals surface area contributed by atoms with Gasteiger partial charge >= 0.3 is 6.18 Å². The van der Waals surface area contributed by atoms with Crippen LogP contribution in [0, 0.1) is 11.3 Å². The fourth-order valence-electron chi connectivity index (χ4n) is 5.37. The number of hydrogen-bond acceptors (Lipinski definition) is 5. The molecule has 9 heteroatoms. The number of aromatic nitrogens is 2. The Morgan fingerprint density at radius 1 is 1.16 bits per heavy atom. The van der Waals surface area contributed by atoms with Gasteiger partial charge in [0.25, 0.3) is 0 Å². The number of alkyl halides is 3. The van der Waals surface area contributed by atoms with Crippen LogP contribution < -0.4 is 16.0 Å². The predicted molar refractivity (Wildman–Crippen MR) is 110 cm³/mol. The van der Waals surface area contributed by atoms with Gasteiger partial charge in [0.1, 0.15) is 11.0 Å². The van der Waals surface area contributed by atoms with E-state index in [9.17, 15) is 18.0 Å². The zero-order valence-corrected chi connectivity index (χ0v) is 17.2. The molecule has 2 saturated carbocycles. The Morgan fingerprint density at radius 2 is 1.90 bits per heavy atom. The molecule has 3 aliphatic rings. The van der Waals surface area contributed by atoms with Gasteiger partial charge in [-0.1, -0.05) is 0 Å². The number of hydrogen-bond donors (Lipinski definition) is 2. The van der Waals surface area contributed by atoms with Gasteiger partial charge in [0.2, 0.25) is 5.91 Å². The molecule has 3 N–H and O–H groups in total. The van der Waals surface area contributed by atoms with Gasteiger partial charge in [-0.25, -0.2) is 0 Å². The summed E-state index contributed by atoms with van der Waals surface area (Å²) in [5, 5.41) is 3.20. The topological polar surface area (TPSA) is 84.1 Å². The summed E-state index contributed by atoms with van der Waals surface area (Å²) in [5.74, 6) is -0.138. The van der Waals surface area contributed by atoms with Crippen LogP contribution in [0.3, 0.4) is 0 Å². The summed E-state index contributed by atoms with van der Waals surface area (Å²) in [6, 6.07) is 2.78. The third kappa shape index (κ3) is 3.73. The van der Waals surface area contributed by atoms with Crippen molar-refractivity contribution in [3.8, 4) is 0 Å². The lowest BCUT2D eigenvalue weighted by Crippen LogP contribution is -2.46. The molecule has 2 aliphatic carbocycles. The molecule has 0 radical (unpaired) electrons. The zero-order valence-electron chi connectivity index (χ0n) is 17.2. The molecule has 1 saturated heterocycles. The molecule has 3 unspecified atom stereocenters. The van der Waals surface area contributed by atoms with Gasteiger partial charge in [0, 0.05) is 43.0 Å². The summed E-state index contributed by atoms with van der Waals surface area (Å²) in [6.07, 6.45) is 3.85. The first-order valence-corrected chi connectivity index (χ1v) is 10.9. The van der Waals surface area contributed by atoms with E-state index >= 15 is 0 Å². The van der Waals surface area contributed by atoms with Gasteiger partial charge in [-0.05, 0) is 50.7 Å². The SMILES string of the molecule is NC1CCCC(NC(=O)C2CN(c3ccc(C(F)(F)F)c4nccnc34)CC23CC3)C1. The summed E-state index contributed by atoms with van der Waals surface area (Å²) in [7, 11) is 0. The highest BCUT2D eigenvalue weighted by molar-refractivity contribution is 5.92. The third-order valence-corrected chi connectivity index (χ3v) is 7.17. The van der Waals surface area contributed by atoms with Crippen molar-refractivity contribution in [2.45, 2.75) is 56.8 Å². The Kier molecular flexibility index (Phi) is 4.84. The molecule has 3 fully saturated rings. The van der Waals surface area contributed by atoms with Crippen molar-refractivity contribution < 1.29 is 18.0 Å².